The van der Waals surface area contributed by atoms with E-state index in [1.807, 2.05) is 0 Å². The first kappa shape index (κ1) is 21.5. The highest BCUT2D eigenvalue weighted by Gasteiger charge is 2.09. The quantitative estimate of drug-likeness (QED) is 0.767. The Balaban J connectivity index is 0. The lowest BCUT2D eigenvalue weighted by molar-refractivity contribution is 0.0948. The summed E-state index contributed by atoms with van der Waals surface area (Å²) >= 11 is 0. The third kappa shape index (κ3) is 7.14. The minimum absolute atomic E-state index is 0. The van der Waals surface area contributed by atoms with Crippen LogP contribution in [0.25, 0.3) is 0 Å². The molecule has 1 amide bonds. The molecule has 0 unspecified atom stereocenters. The average molecular weight is 326 g/mol. The van der Waals surface area contributed by atoms with Crippen molar-refractivity contribution in [3.63, 3.8) is 0 Å². The highest BCUT2D eigenvalue weighted by molar-refractivity contribution is 5.93. The number of amides is 1. The van der Waals surface area contributed by atoms with E-state index in [9.17, 15) is 4.79 Å². The van der Waals surface area contributed by atoms with Gasteiger partial charge in [0, 0.05) is 13.1 Å². The van der Waals surface area contributed by atoms with Gasteiger partial charge in [-0.3, -0.25) is 4.79 Å². The standard InChI is InChI=1S/C13H23N3O2.2ClH/c1-3-6-16(4-2)7-5-15-13(17)11-8-12(9-14)18-10-11;;/h8,10H,3-7,9,14H2,1-2H3,(H,15,17);2*1H. The van der Waals surface area contributed by atoms with Gasteiger partial charge in [-0.1, -0.05) is 13.8 Å². The number of nitrogens with one attached hydrogen (secondary N) is 1. The van der Waals surface area contributed by atoms with Gasteiger partial charge in [0.15, 0.2) is 0 Å². The lowest BCUT2D eigenvalue weighted by Crippen LogP contribution is -2.35. The van der Waals surface area contributed by atoms with E-state index in [0.717, 1.165) is 26.1 Å². The Bertz CT molecular complexity index is 372. The molecular formula is C13H25Cl2N3O2. The van der Waals surface area contributed by atoms with Crippen molar-refractivity contribution < 1.29 is 9.21 Å². The first-order valence-corrected chi connectivity index (χ1v) is 6.49. The Kier molecular flexibility index (Phi) is 13.0. The summed E-state index contributed by atoms with van der Waals surface area (Å²) < 4.78 is 5.13. The van der Waals surface area contributed by atoms with Crippen LogP contribution in [0.5, 0.6) is 0 Å². The van der Waals surface area contributed by atoms with Gasteiger partial charge in [-0.2, -0.15) is 0 Å². The molecule has 0 saturated carbocycles. The van der Waals surface area contributed by atoms with Gasteiger partial charge in [-0.05, 0) is 25.6 Å². The van der Waals surface area contributed by atoms with Crippen LogP contribution in [0.4, 0.5) is 0 Å². The molecule has 0 atom stereocenters. The molecule has 0 aliphatic carbocycles. The summed E-state index contributed by atoms with van der Waals surface area (Å²) in [7, 11) is 0. The SMILES string of the molecule is CCCN(CC)CCNC(=O)c1coc(CN)c1.Cl.Cl. The molecule has 3 N–H and O–H groups in total. The number of hydrogen-bond acceptors (Lipinski definition) is 4. The summed E-state index contributed by atoms with van der Waals surface area (Å²) in [5.74, 6) is 0.521. The summed E-state index contributed by atoms with van der Waals surface area (Å²) in [5.41, 5.74) is 5.96. The predicted molar refractivity (Wildman–Crippen MR) is 85.8 cm³/mol. The minimum atomic E-state index is -0.106. The van der Waals surface area contributed by atoms with Gasteiger partial charge in [-0.25, -0.2) is 0 Å². The fourth-order valence-corrected chi connectivity index (χ4v) is 1.78. The zero-order valence-corrected chi connectivity index (χ0v) is 13.7. The van der Waals surface area contributed by atoms with Crippen molar-refractivity contribution in [2.75, 3.05) is 26.2 Å². The second kappa shape index (κ2) is 12.0. The van der Waals surface area contributed by atoms with Crippen LogP contribution < -0.4 is 11.1 Å². The molecule has 118 valence electrons. The Morgan fingerprint density at radius 1 is 1.35 bits per heavy atom. The molecule has 1 aromatic heterocycles. The van der Waals surface area contributed by atoms with Crippen molar-refractivity contribution in [3.05, 3.63) is 23.7 Å². The smallest absolute Gasteiger partial charge is 0.254 e. The van der Waals surface area contributed by atoms with Crippen LogP contribution in [0, 0.1) is 0 Å². The topological polar surface area (TPSA) is 71.5 Å². The summed E-state index contributed by atoms with van der Waals surface area (Å²) in [6.07, 6.45) is 2.57. The van der Waals surface area contributed by atoms with Crippen LogP contribution >= 0.6 is 24.8 Å². The number of furan rings is 1. The first-order chi connectivity index (χ1) is 8.71. The molecule has 0 spiro atoms. The number of halogens is 2. The van der Waals surface area contributed by atoms with Crippen molar-refractivity contribution >= 4 is 30.7 Å². The lowest BCUT2D eigenvalue weighted by atomic mass is 10.3. The molecule has 0 saturated heterocycles. The van der Waals surface area contributed by atoms with Crippen molar-refractivity contribution in [1.29, 1.82) is 0 Å². The second-order valence-electron chi connectivity index (χ2n) is 4.20. The summed E-state index contributed by atoms with van der Waals surface area (Å²) in [5, 5.41) is 2.88. The maximum atomic E-state index is 11.8. The van der Waals surface area contributed by atoms with Crippen molar-refractivity contribution in [2.24, 2.45) is 5.73 Å². The molecule has 5 nitrogen and oxygen atoms in total. The van der Waals surface area contributed by atoms with E-state index in [1.165, 1.54) is 6.26 Å². The van der Waals surface area contributed by atoms with E-state index in [1.54, 1.807) is 6.07 Å². The highest BCUT2D eigenvalue weighted by Crippen LogP contribution is 2.06. The maximum absolute atomic E-state index is 11.8. The largest absolute Gasteiger partial charge is 0.467 e. The highest BCUT2D eigenvalue weighted by atomic mass is 35.5. The number of rotatable bonds is 8. The molecule has 1 rings (SSSR count). The zero-order valence-electron chi connectivity index (χ0n) is 12.1. The van der Waals surface area contributed by atoms with Crippen molar-refractivity contribution in [2.45, 2.75) is 26.8 Å². The number of carbonyl (C=O) groups excluding carboxylic acids is 1. The molecule has 1 heterocycles. The summed E-state index contributed by atoms with van der Waals surface area (Å²) in [6.45, 7) is 8.19. The molecule has 0 aliphatic rings. The molecule has 20 heavy (non-hydrogen) atoms. The van der Waals surface area contributed by atoms with E-state index < -0.39 is 0 Å². The first-order valence-electron chi connectivity index (χ1n) is 6.49. The molecule has 0 bridgehead atoms. The van der Waals surface area contributed by atoms with Gasteiger partial charge in [-0.15, -0.1) is 24.8 Å². The van der Waals surface area contributed by atoms with Crippen molar-refractivity contribution in [3.8, 4) is 0 Å². The van der Waals surface area contributed by atoms with Crippen LogP contribution in [0.3, 0.4) is 0 Å². The van der Waals surface area contributed by atoms with Gasteiger partial charge in [0.1, 0.15) is 12.0 Å². The maximum Gasteiger partial charge on any atom is 0.254 e. The van der Waals surface area contributed by atoms with Gasteiger partial charge >= 0.3 is 0 Å². The van der Waals surface area contributed by atoms with E-state index in [0.29, 0.717) is 24.4 Å². The predicted octanol–water partition coefficient (Wildman–Crippen LogP) is 2.04. The lowest BCUT2D eigenvalue weighted by Gasteiger charge is -2.19. The van der Waals surface area contributed by atoms with Gasteiger partial charge in [0.2, 0.25) is 0 Å². The minimum Gasteiger partial charge on any atom is -0.467 e. The third-order valence-corrected chi connectivity index (χ3v) is 2.82. The average Bonchev–Trinajstić information content (AvgIpc) is 2.86. The number of hydrogen-bond donors (Lipinski definition) is 2. The number of nitrogens with zero attached hydrogens (tertiary/aromatic N) is 1. The van der Waals surface area contributed by atoms with Gasteiger partial charge in [0.05, 0.1) is 12.1 Å². The molecule has 0 aliphatic heterocycles. The summed E-state index contributed by atoms with van der Waals surface area (Å²) in [6, 6.07) is 1.68. The van der Waals surface area contributed by atoms with Crippen LogP contribution in [-0.2, 0) is 6.54 Å². The van der Waals surface area contributed by atoms with E-state index in [-0.39, 0.29) is 30.7 Å². The monoisotopic (exact) mass is 325 g/mol. The molecule has 1 aromatic rings. The third-order valence-electron chi connectivity index (χ3n) is 2.82. The van der Waals surface area contributed by atoms with Gasteiger partial charge < -0.3 is 20.4 Å². The Morgan fingerprint density at radius 2 is 2.05 bits per heavy atom. The Labute approximate surface area is 133 Å². The zero-order chi connectivity index (χ0) is 13.4. The number of nitrogens with two attached hydrogens (primary N) is 1. The van der Waals surface area contributed by atoms with Gasteiger partial charge in [0.25, 0.3) is 5.91 Å². The van der Waals surface area contributed by atoms with Crippen LogP contribution in [-0.4, -0.2) is 37.0 Å². The Morgan fingerprint density at radius 3 is 2.55 bits per heavy atom. The Hall–Kier alpha value is -0.750. The fraction of sp³-hybridized carbons (Fsp3) is 0.615. The molecular weight excluding hydrogens is 301 g/mol. The van der Waals surface area contributed by atoms with Crippen molar-refractivity contribution in [1.82, 2.24) is 10.2 Å². The fourth-order valence-electron chi connectivity index (χ4n) is 1.78. The van der Waals surface area contributed by atoms with E-state index in [4.69, 9.17) is 10.2 Å². The van der Waals surface area contributed by atoms with E-state index >= 15 is 0 Å². The van der Waals surface area contributed by atoms with Crippen LogP contribution in [0.2, 0.25) is 0 Å². The van der Waals surface area contributed by atoms with Crippen LogP contribution in [0.1, 0.15) is 36.4 Å². The molecule has 7 heteroatoms. The van der Waals surface area contributed by atoms with Crippen LogP contribution in [0.15, 0.2) is 16.7 Å². The normalized spacial score (nSPS) is 9.80. The molecule has 0 radical (unpaired) electrons. The molecule has 0 aromatic carbocycles. The number of likely N-dealkylation sites (N-methyl/N-ethyl adjacent to an activating group) is 1. The van der Waals surface area contributed by atoms with E-state index in [2.05, 4.69) is 24.1 Å². The number of carbonyl (C=O) groups is 1. The molecule has 0 fully saturated rings. The second-order valence-corrected chi connectivity index (χ2v) is 4.20. The summed E-state index contributed by atoms with van der Waals surface area (Å²) in [4.78, 5) is 14.1.